The van der Waals surface area contributed by atoms with Gasteiger partial charge in [-0.3, -0.25) is 19.3 Å². The highest BCUT2D eigenvalue weighted by Gasteiger charge is 2.45. The summed E-state index contributed by atoms with van der Waals surface area (Å²) in [6.07, 6.45) is 5.04. The molecule has 7 heteroatoms. The average Bonchev–Trinajstić information content (AvgIpc) is 2.90. The van der Waals surface area contributed by atoms with Crippen molar-refractivity contribution in [3.8, 4) is 0 Å². The number of carbonyl (C=O) groups excluding carboxylic acids is 3. The molecule has 1 unspecified atom stereocenters. The molecule has 33 heavy (non-hydrogen) atoms. The Morgan fingerprint density at radius 2 is 1.82 bits per heavy atom. The number of likely N-dealkylation sites (tertiary alicyclic amines) is 2. The van der Waals surface area contributed by atoms with Gasteiger partial charge in [-0.15, -0.1) is 0 Å². The molecule has 0 aromatic heterocycles. The van der Waals surface area contributed by atoms with Crippen molar-refractivity contribution < 1.29 is 14.4 Å². The summed E-state index contributed by atoms with van der Waals surface area (Å²) in [5.41, 5.74) is 2.03. The first-order valence-electron chi connectivity index (χ1n) is 12.3. The van der Waals surface area contributed by atoms with Crippen LogP contribution in [0.2, 0.25) is 0 Å². The number of benzene rings is 1. The number of hydrogen-bond donors (Lipinski definition) is 2. The first-order chi connectivity index (χ1) is 15.6. The lowest BCUT2D eigenvalue weighted by molar-refractivity contribution is -0.147. The number of piperidine rings is 1. The summed E-state index contributed by atoms with van der Waals surface area (Å²) in [5.74, 6) is 0.483. The van der Waals surface area contributed by atoms with Crippen LogP contribution in [0.4, 0.5) is 11.4 Å². The van der Waals surface area contributed by atoms with E-state index in [1.165, 1.54) is 6.92 Å². The van der Waals surface area contributed by atoms with Gasteiger partial charge in [0, 0.05) is 36.3 Å². The molecule has 0 saturated carbocycles. The van der Waals surface area contributed by atoms with Gasteiger partial charge in [0.1, 0.15) is 0 Å². The predicted molar refractivity (Wildman–Crippen MR) is 132 cm³/mol. The zero-order valence-electron chi connectivity index (χ0n) is 20.9. The number of rotatable bonds is 6. The van der Waals surface area contributed by atoms with Crippen LogP contribution in [0, 0.1) is 18.3 Å². The molecule has 1 atom stereocenters. The monoisotopic (exact) mass is 456 g/mol. The summed E-state index contributed by atoms with van der Waals surface area (Å²) in [4.78, 5) is 41.7. The molecular formula is C26H40N4O3. The molecule has 7 nitrogen and oxygen atoms in total. The Balaban J connectivity index is 1.55. The van der Waals surface area contributed by atoms with Gasteiger partial charge in [0.2, 0.25) is 17.7 Å². The van der Waals surface area contributed by atoms with E-state index in [9.17, 15) is 14.4 Å². The van der Waals surface area contributed by atoms with Crippen molar-refractivity contribution >= 4 is 29.1 Å². The van der Waals surface area contributed by atoms with E-state index in [2.05, 4.69) is 41.2 Å². The molecule has 0 radical (unpaired) electrons. The van der Waals surface area contributed by atoms with Crippen molar-refractivity contribution in [2.75, 3.05) is 36.8 Å². The van der Waals surface area contributed by atoms with E-state index in [-0.39, 0.29) is 23.3 Å². The highest BCUT2D eigenvalue weighted by molar-refractivity contribution is 5.94. The zero-order valence-corrected chi connectivity index (χ0v) is 20.9. The van der Waals surface area contributed by atoms with E-state index in [1.807, 2.05) is 19.1 Å². The number of anilines is 2. The van der Waals surface area contributed by atoms with Crippen molar-refractivity contribution in [3.63, 3.8) is 0 Å². The molecule has 2 saturated heterocycles. The normalized spacial score (nSPS) is 22.8. The van der Waals surface area contributed by atoms with Gasteiger partial charge in [0.25, 0.3) is 0 Å². The number of hydrogen-bond acceptors (Lipinski definition) is 4. The van der Waals surface area contributed by atoms with Gasteiger partial charge >= 0.3 is 0 Å². The van der Waals surface area contributed by atoms with Crippen molar-refractivity contribution in [2.24, 2.45) is 11.3 Å². The van der Waals surface area contributed by atoms with E-state index in [0.29, 0.717) is 29.7 Å². The SMILES string of the molecule is CC(=O)Nc1cc(NC(=O)CN2CCC(C3(C)CCCCN(C(C)C)C3=O)CC2)ccc1C. The minimum absolute atomic E-state index is 0.0613. The van der Waals surface area contributed by atoms with Crippen LogP contribution in [0.3, 0.4) is 0 Å². The van der Waals surface area contributed by atoms with Gasteiger partial charge in [-0.05, 0) is 83.2 Å². The molecule has 182 valence electrons. The van der Waals surface area contributed by atoms with Crippen molar-refractivity contribution in [2.45, 2.75) is 72.8 Å². The summed E-state index contributed by atoms with van der Waals surface area (Å²) < 4.78 is 0. The second-order valence-corrected chi connectivity index (χ2v) is 10.3. The Bertz CT molecular complexity index is 876. The largest absolute Gasteiger partial charge is 0.340 e. The Labute approximate surface area is 198 Å². The minimum atomic E-state index is -0.295. The third kappa shape index (κ3) is 6.14. The Hall–Kier alpha value is -2.41. The topological polar surface area (TPSA) is 81.8 Å². The highest BCUT2D eigenvalue weighted by Crippen LogP contribution is 2.43. The summed E-state index contributed by atoms with van der Waals surface area (Å²) in [6.45, 7) is 12.6. The van der Waals surface area contributed by atoms with E-state index < -0.39 is 0 Å². The standard InChI is InChI=1S/C26H40N4O3/c1-18(2)30-13-7-6-12-26(5,25(30)33)21-10-14-29(15-11-21)17-24(32)28-22-9-8-19(3)23(16-22)27-20(4)31/h8-9,16,18,21H,6-7,10-15,17H2,1-5H3,(H,27,31)(H,28,32). The lowest BCUT2D eigenvalue weighted by atomic mass is 9.69. The lowest BCUT2D eigenvalue weighted by Gasteiger charge is -2.43. The van der Waals surface area contributed by atoms with Crippen molar-refractivity contribution in [1.82, 2.24) is 9.80 Å². The average molecular weight is 457 g/mol. The van der Waals surface area contributed by atoms with Crippen LogP contribution in [0.5, 0.6) is 0 Å². The highest BCUT2D eigenvalue weighted by atomic mass is 16.2. The number of nitrogens with zero attached hydrogens (tertiary/aromatic N) is 2. The van der Waals surface area contributed by atoms with Gasteiger partial charge in [-0.1, -0.05) is 19.4 Å². The van der Waals surface area contributed by atoms with Gasteiger partial charge in [0.05, 0.1) is 6.54 Å². The Kier molecular flexibility index (Phi) is 8.16. The van der Waals surface area contributed by atoms with E-state index in [0.717, 1.165) is 57.3 Å². The lowest BCUT2D eigenvalue weighted by Crippen LogP contribution is -2.50. The quantitative estimate of drug-likeness (QED) is 0.677. The molecule has 0 bridgehead atoms. The molecule has 0 aliphatic carbocycles. The second kappa shape index (κ2) is 10.7. The zero-order chi connectivity index (χ0) is 24.2. The van der Waals surface area contributed by atoms with E-state index >= 15 is 0 Å². The first kappa shape index (κ1) is 25.2. The third-order valence-corrected chi connectivity index (χ3v) is 7.41. The maximum atomic E-state index is 13.4. The van der Waals surface area contributed by atoms with Crippen LogP contribution >= 0.6 is 0 Å². The van der Waals surface area contributed by atoms with Gasteiger partial charge in [-0.25, -0.2) is 0 Å². The second-order valence-electron chi connectivity index (χ2n) is 10.3. The molecule has 2 N–H and O–H groups in total. The summed E-state index contributed by atoms with van der Waals surface area (Å²) in [7, 11) is 0. The van der Waals surface area contributed by atoms with Gasteiger partial charge < -0.3 is 15.5 Å². The van der Waals surface area contributed by atoms with Gasteiger partial charge in [0.15, 0.2) is 0 Å². The summed E-state index contributed by atoms with van der Waals surface area (Å²) >= 11 is 0. The number of amides is 3. The molecule has 2 aliphatic heterocycles. The molecule has 1 aromatic rings. The molecular weight excluding hydrogens is 416 g/mol. The molecule has 0 spiro atoms. The molecule has 3 amide bonds. The molecule has 1 aromatic carbocycles. The van der Waals surface area contributed by atoms with Crippen LogP contribution in [-0.2, 0) is 14.4 Å². The fourth-order valence-electron chi connectivity index (χ4n) is 5.34. The van der Waals surface area contributed by atoms with Crippen LogP contribution < -0.4 is 10.6 Å². The predicted octanol–water partition coefficient (Wildman–Crippen LogP) is 4.03. The number of carbonyl (C=O) groups is 3. The maximum absolute atomic E-state index is 13.4. The molecule has 3 rings (SSSR count). The fraction of sp³-hybridized carbons (Fsp3) is 0.654. The number of nitrogens with one attached hydrogen (secondary N) is 2. The maximum Gasteiger partial charge on any atom is 0.238 e. The van der Waals surface area contributed by atoms with Crippen LogP contribution in [0.15, 0.2) is 18.2 Å². The summed E-state index contributed by atoms with van der Waals surface area (Å²) in [5, 5.41) is 5.75. The third-order valence-electron chi connectivity index (χ3n) is 7.41. The molecule has 2 fully saturated rings. The van der Waals surface area contributed by atoms with Crippen LogP contribution in [0.1, 0.15) is 65.4 Å². The van der Waals surface area contributed by atoms with Crippen LogP contribution in [0.25, 0.3) is 0 Å². The van der Waals surface area contributed by atoms with Crippen molar-refractivity contribution in [1.29, 1.82) is 0 Å². The first-order valence-corrected chi connectivity index (χ1v) is 12.3. The summed E-state index contributed by atoms with van der Waals surface area (Å²) in [6, 6.07) is 5.77. The minimum Gasteiger partial charge on any atom is -0.340 e. The van der Waals surface area contributed by atoms with Crippen LogP contribution in [-0.4, -0.2) is 59.7 Å². The van der Waals surface area contributed by atoms with Crippen molar-refractivity contribution in [3.05, 3.63) is 23.8 Å². The molecule has 2 aliphatic rings. The Morgan fingerprint density at radius 3 is 2.45 bits per heavy atom. The Morgan fingerprint density at radius 1 is 1.12 bits per heavy atom. The molecule has 2 heterocycles. The van der Waals surface area contributed by atoms with E-state index in [4.69, 9.17) is 0 Å². The number of aryl methyl sites for hydroxylation is 1. The smallest absolute Gasteiger partial charge is 0.238 e. The fourth-order valence-corrected chi connectivity index (χ4v) is 5.34. The van der Waals surface area contributed by atoms with E-state index in [1.54, 1.807) is 6.07 Å². The van der Waals surface area contributed by atoms with Gasteiger partial charge in [-0.2, -0.15) is 0 Å².